The van der Waals surface area contributed by atoms with Crippen LogP contribution in [0.2, 0.25) is 6.82 Å². The van der Waals surface area contributed by atoms with Gasteiger partial charge in [0.15, 0.2) is 0 Å². The molecule has 0 amide bonds. The van der Waals surface area contributed by atoms with Crippen molar-refractivity contribution in [3.05, 3.63) is 23.8 Å². The van der Waals surface area contributed by atoms with E-state index in [9.17, 15) is 4.79 Å². The smallest absolute Gasteiger partial charge is 0.325 e. The molecule has 0 saturated heterocycles. The number of rotatable bonds is 4. The molecular formula is C12H16BNO2S. The Morgan fingerprint density at radius 1 is 1.59 bits per heavy atom. The van der Waals surface area contributed by atoms with E-state index >= 15 is 0 Å². The zero-order valence-corrected chi connectivity index (χ0v) is 10.9. The minimum Gasteiger partial charge on any atom is -0.423 e. The summed E-state index contributed by atoms with van der Waals surface area (Å²) in [5.74, 6) is 0.700. The Labute approximate surface area is 106 Å². The molecule has 0 aromatic heterocycles. The third kappa shape index (κ3) is 2.56. The first-order chi connectivity index (χ1) is 8.13. The molecule has 0 fully saturated rings. The van der Waals surface area contributed by atoms with E-state index in [0.29, 0.717) is 12.3 Å². The number of carbonyl (C=O) groups excluding carboxylic acids is 1. The maximum Gasteiger partial charge on any atom is 0.325 e. The van der Waals surface area contributed by atoms with E-state index in [0.717, 1.165) is 4.90 Å². The average molecular weight is 249 g/mol. The summed E-state index contributed by atoms with van der Waals surface area (Å²) in [6, 6.07) is 6.12. The first-order valence-electron chi connectivity index (χ1n) is 5.74. The lowest BCUT2D eigenvalue weighted by molar-refractivity contribution is -0.114. The molecule has 2 N–H and O–H groups in total. The van der Waals surface area contributed by atoms with Gasteiger partial charge in [0, 0.05) is 11.4 Å². The summed E-state index contributed by atoms with van der Waals surface area (Å²) >= 11 is 1.58. The van der Waals surface area contributed by atoms with E-state index in [-0.39, 0.29) is 18.8 Å². The Morgan fingerprint density at radius 2 is 2.35 bits per heavy atom. The van der Waals surface area contributed by atoms with Gasteiger partial charge in [-0.1, -0.05) is 19.0 Å². The molecule has 0 spiro atoms. The van der Waals surface area contributed by atoms with Gasteiger partial charge in [-0.2, -0.15) is 0 Å². The number of hydrogen-bond donors (Lipinski definition) is 1. The molecule has 17 heavy (non-hydrogen) atoms. The second kappa shape index (κ2) is 5.25. The molecular weight excluding hydrogens is 233 g/mol. The summed E-state index contributed by atoms with van der Waals surface area (Å²) in [7, 11) is 0. The summed E-state index contributed by atoms with van der Waals surface area (Å²) in [6.07, 6.45) is -0.00196. The van der Waals surface area contributed by atoms with Gasteiger partial charge in [0.2, 0.25) is 0 Å². The highest BCUT2D eigenvalue weighted by atomic mass is 32.2. The third-order valence-corrected chi connectivity index (χ3v) is 4.08. The molecule has 1 aliphatic rings. The van der Waals surface area contributed by atoms with Crippen LogP contribution in [0.1, 0.15) is 18.6 Å². The van der Waals surface area contributed by atoms with Gasteiger partial charge in [-0.25, -0.2) is 0 Å². The van der Waals surface area contributed by atoms with Crippen LogP contribution in [0.4, 0.5) is 0 Å². The molecule has 90 valence electrons. The lowest BCUT2D eigenvalue weighted by Crippen LogP contribution is -2.26. The molecule has 0 bridgehead atoms. The fraction of sp³-hybridized carbons (Fsp3) is 0.417. The number of hydrogen-bond acceptors (Lipinski definition) is 4. The van der Waals surface area contributed by atoms with E-state index in [2.05, 4.69) is 6.07 Å². The Hall–Kier alpha value is -0.775. The van der Waals surface area contributed by atoms with E-state index in [1.54, 1.807) is 18.7 Å². The first-order valence-corrected chi connectivity index (χ1v) is 6.72. The molecule has 0 saturated carbocycles. The maximum absolute atomic E-state index is 11.0. The zero-order chi connectivity index (χ0) is 12.4. The molecule has 1 heterocycles. The Balaban J connectivity index is 2.30. The molecule has 0 radical (unpaired) electrons. The number of thioether (sulfide) groups is 1. The molecule has 1 aromatic carbocycles. The van der Waals surface area contributed by atoms with E-state index < -0.39 is 0 Å². The van der Waals surface area contributed by atoms with Crippen LogP contribution >= 0.6 is 11.8 Å². The summed E-state index contributed by atoms with van der Waals surface area (Å²) in [5, 5.41) is 0. The molecule has 5 heteroatoms. The highest BCUT2D eigenvalue weighted by Crippen LogP contribution is 2.28. The molecule has 2 rings (SSSR count). The van der Waals surface area contributed by atoms with Crippen LogP contribution in [0.5, 0.6) is 0 Å². The Bertz CT molecular complexity index is 439. The molecule has 1 aromatic rings. The van der Waals surface area contributed by atoms with Gasteiger partial charge < -0.3 is 10.4 Å². The lowest BCUT2D eigenvalue weighted by atomic mass is 9.64. The maximum atomic E-state index is 11.0. The number of carbonyl (C=O) groups is 1. The second-order valence-electron chi connectivity index (χ2n) is 4.25. The van der Waals surface area contributed by atoms with E-state index in [4.69, 9.17) is 10.4 Å². The van der Waals surface area contributed by atoms with Crippen molar-refractivity contribution in [2.45, 2.75) is 24.7 Å². The summed E-state index contributed by atoms with van der Waals surface area (Å²) in [5.41, 5.74) is 8.07. The van der Waals surface area contributed by atoms with Crippen molar-refractivity contribution in [2.75, 3.05) is 12.3 Å². The number of benzene rings is 1. The van der Waals surface area contributed by atoms with Crippen molar-refractivity contribution in [1.82, 2.24) is 0 Å². The predicted octanol–water partition coefficient (Wildman–Crippen LogP) is 1.23. The summed E-state index contributed by atoms with van der Waals surface area (Å²) in [4.78, 5) is 12.2. The number of nitrogens with two attached hydrogens (primary N) is 1. The molecule has 0 unspecified atom stereocenters. The summed E-state index contributed by atoms with van der Waals surface area (Å²) in [6.45, 7) is 4.21. The van der Waals surface area contributed by atoms with Crippen molar-refractivity contribution in [3.63, 3.8) is 0 Å². The van der Waals surface area contributed by atoms with Crippen LogP contribution in [0.3, 0.4) is 0 Å². The van der Waals surface area contributed by atoms with Gasteiger partial charge in [-0.15, -0.1) is 11.8 Å². The van der Waals surface area contributed by atoms with Crippen LogP contribution in [0.25, 0.3) is 0 Å². The van der Waals surface area contributed by atoms with Crippen molar-refractivity contribution >= 4 is 29.9 Å². The first kappa shape index (κ1) is 12.7. The number of Topliss-reactive ketones (excluding diaryl/α,β-unsaturated/α-hetero) is 1. The minimum absolute atomic E-state index is 0.00196. The van der Waals surface area contributed by atoms with Crippen LogP contribution in [0, 0.1) is 0 Å². The second-order valence-corrected chi connectivity index (χ2v) is 5.27. The minimum atomic E-state index is -0.00196. The average Bonchev–Trinajstić information content (AvgIpc) is 2.64. The zero-order valence-electron chi connectivity index (χ0n) is 10.1. The Kier molecular flexibility index (Phi) is 3.91. The van der Waals surface area contributed by atoms with Gasteiger partial charge in [0.25, 0.3) is 0 Å². The standard InChI is InChI=1S/C12H16BNO2S/c1-8(15)7-17-11-5-3-4-9-10(6-14)16-13(2)12(9)11/h3-5,10H,6-7,14H2,1-2H3/t10-/m0/s1. The quantitative estimate of drug-likeness (QED) is 0.644. The van der Waals surface area contributed by atoms with E-state index in [1.807, 2.05) is 19.0 Å². The predicted molar refractivity (Wildman–Crippen MR) is 72.0 cm³/mol. The number of fused-ring (bicyclic) bond motifs is 1. The highest BCUT2D eigenvalue weighted by molar-refractivity contribution is 8.00. The van der Waals surface area contributed by atoms with Crippen LogP contribution in [-0.2, 0) is 9.45 Å². The van der Waals surface area contributed by atoms with Crippen molar-refractivity contribution in [1.29, 1.82) is 0 Å². The molecule has 0 aliphatic carbocycles. The molecule has 3 nitrogen and oxygen atoms in total. The van der Waals surface area contributed by atoms with E-state index in [1.165, 1.54) is 11.0 Å². The monoisotopic (exact) mass is 249 g/mol. The SMILES string of the molecule is CB1O[C@@H](CN)c2cccc(SCC(C)=O)c21. The fourth-order valence-electron chi connectivity index (χ4n) is 2.15. The highest BCUT2D eigenvalue weighted by Gasteiger charge is 2.32. The van der Waals surface area contributed by atoms with Crippen molar-refractivity contribution in [2.24, 2.45) is 5.73 Å². The van der Waals surface area contributed by atoms with Gasteiger partial charge in [0.05, 0.1) is 11.9 Å². The van der Waals surface area contributed by atoms with Crippen LogP contribution in [0.15, 0.2) is 23.1 Å². The largest absolute Gasteiger partial charge is 0.423 e. The Morgan fingerprint density at radius 3 is 3.00 bits per heavy atom. The topological polar surface area (TPSA) is 52.3 Å². The summed E-state index contributed by atoms with van der Waals surface area (Å²) < 4.78 is 5.81. The van der Waals surface area contributed by atoms with Crippen molar-refractivity contribution < 1.29 is 9.45 Å². The fourth-order valence-corrected chi connectivity index (χ4v) is 3.13. The van der Waals surface area contributed by atoms with Gasteiger partial charge >= 0.3 is 6.92 Å². The van der Waals surface area contributed by atoms with Crippen LogP contribution < -0.4 is 11.2 Å². The third-order valence-electron chi connectivity index (χ3n) is 2.87. The van der Waals surface area contributed by atoms with Crippen LogP contribution in [-0.4, -0.2) is 25.0 Å². The van der Waals surface area contributed by atoms with Crippen molar-refractivity contribution in [3.8, 4) is 0 Å². The normalized spacial score (nSPS) is 18.3. The molecule has 1 atom stereocenters. The van der Waals surface area contributed by atoms with Gasteiger partial charge in [0.1, 0.15) is 5.78 Å². The van der Waals surface area contributed by atoms with Gasteiger partial charge in [-0.05, 0) is 24.0 Å². The van der Waals surface area contributed by atoms with Gasteiger partial charge in [-0.3, -0.25) is 4.79 Å². The lowest BCUT2D eigenvalue weighted by Gasteiger charge is -2.09. The molecule has 1 aliphatic heterocycles. The number of ketones is 1.